The van der Waals surface area contributed by atoms with Crippen molar-refractivity contribution in [3.05, 3.63) is 0 Å². The van der Waals surface area contributed by atoms with Crippen LogP contribution < -0.4 is 5.73 Å². The molecule has 1 rings (SSSR count). The molecule has 0 radical (unpaired) electrons. The van der Waals surface area contributed by atoms with E-state index < -0.39 is 5.60 Å². The Morgan fingerprint density at radius 3 is 2.46 bits per heavy atom. The van der Waals surface area contributed by atoms with Gasteiger partial charge in [-0.25, -0.2) is 0 Å². The first-order valence-corrected chi connectivity index (χ1v) is 5.07. The second-order valence-electron chi connectivity index (χ2n) is 4.95. The van der Waals surface area contributed by atoms with E-state index in [1.807, 2.05) is 13.8 Å². The van der Waals surface area contributed by atoms with Crippen molar-refractivity contribution >= 4 is 0 Å². The van der Waals surface area contributed by atoms with E-state index in [1.165, 1.54) is 6.42 Å². The Morgan fingerprint density at radius 2 is 2.08 bits per heavy atom. The van der Waals surface area contributed by atoms with Crippen LogP contribution in [0.15, 0.2) is 0 Å². The normalized spacial score (nSPS) is 30.0. The molecule has 0 aromatic heterocycles. The zero-order valence-corrected chi connectivity index (χ0v) is 8.95. The highest BCUT2D eigenvalue weighted by Crippen LogP contribution is 2.22. The minimum Gasteiger partial charge on any atom is -0.389 e. The largest absolute Gasteiger partial charge is 0.389 e. The Bertz CT molecular complexity index is 165. The number of nitrogens with zero attached hydrogens (tertiary/aromatic N) is 1. The van der Waals surface area contributed by atoms with Crippen molar-refractivity contribution in [3.63, 3.8) is 0 Å². The number of aliphatic hydroxyl groups is 1. The fraction of sp³-hybridized carbons (Fsp3) is 1.00. The van der Waals surface area contributed by atoms with Gasteiger partial charge < -0.3 is 15.7 Å². The van der Waals surface area contributed by atoms with Crippen LogP contribution in [0.3, 0.4) is 0 Å². The van der Waals surface area contributed by atoms with E-state index in [1.54, 1.807) is 0 Å². The second kappa shape index (κ2) is 3.95. The first-order chi connectivity index (χ1) is 5.88. The lowest BCUT2D eigenvalue weighted by molar-refractivity contribution is 0.0319. The standard InChI is InChI=1S/C10H22N2O/c1-10(2,13)7-12(3)9-5-4-8(11)6-9/h8-9,13H,4-7,11H2,1-3H3. The van der Waals surface area contributed by atoms with E-state index in [-0.39, 0.29) is 0 Å². The molecule has 0 aliphatic heterocycles. The number of likely N-dealkylation sites (N-methyl/N-ethyl adjacent to an activating group) is 1. The van der Waals surface area contributed by atoms with Crippen molar-refractivity contribution in [1.29, 1.82) is 0 Å². The molecule has 0 saturated heterocycles. The average Bonchev–Trinajstić information content (AvgIpc) is 2.31. The number of nitrogens with two attached hydrogens (primary N) is 1. The summed E-state index contributed by atoms with van der Waals surface area (Å²) in [5.74, 6) is 0. The van der Waals surface area contributed by atoms with Crippen molar-refractivity contribution in [1.82, 2.24) is 4.90 Å². The van der Waals surface area contributed by atoms with Gasteiger partial charge in [0.15, 0.2) is 0 Å². The quantitative estimate of drug-likeness (QED) is 0.677. The second-order valence-corrected chi connectivity index (χ2v) is 4.95. The summed E-state index contributed by atoms with van der Waals surface area (Å²) in [6, 6.07) is 0.940. The molecule has 0 spiro atoms. The highest BCUT2D eigenvalue weighted by Gasteiger charge is 2.27. The van der Waals surface area contributed by atoms with Crippen molar-refractivity contribution in [2.24, 2.45) is 5.73 Å². The first kappa shape index (κ1) is 11.0. The van der Waals surface area contributed by atoms with Crippen LogP contribution in [0.2, 0.25) is 0 Å². The molecule has 2 atom stereocenters. The van der Waals surface area contributed by atoms with Crippen LogP contribution in [0.25, 0.3) is 0 Å². The topological polar surface area (TPSA) is 49.5 Å². The number of hydrogen-bond donors (Lipinski definition) is 2. The third-order valence-electron chi connectivity index (χ3n) is 2.71. The van der Waals surface area contributed by atoms with Gasteiger partial charge in [0.2, 0.25) is 0 Å². The fourth-order valence-electron chi connectivity index (χ4n) is 2.13. The van der Waals surface area contributed by atoms with Gasteiger partial charge in [0, 0.05) is 18.6 Å². The van der Waals surface area contributed by atoms with E-state index in [9.17, 15) is 5.11 Å². The summed E-state index contributed by atoms with van der Waals surface area (Å²) in [4.78, 5) is 2.23. The van der Waals surface area contributed by atoms with Crippen molar-refractivity contribution in [3.8, 4) is 0 Å². The third kappa shape index (κ3) is 3.63. The molecule has 2 unspecified atom stereocenters. The van der Waals surface area contributed by atoms with Crippen LogP contribution in [0.4, 0.5) is 0 Å². The van der Waals surface area contributed by atoms with Crippen LogP contribution in [-0.2, 0) is 0 Å². The maximum absolute atomic E-state index is 9.64. The monoisotopic (exact) mass is 186 g/mol. The SMILES string of the molecule is CN(CC(C)(C)O)C1CCC(N)C1. The van der Waals surface area contributed by atoms with E-state index in [2.05, 4.69) is 11.9 Å². The van der Waals surface area contributed by atoms with Crippen molar-refractivity contribution < 1.29 is 5.11 Å². The lowest BCUT2D eigenvalue weighted by Gasteiger charge is -2.30. The maximum Gasteiger partial charge on any atom is 0.0718 e. The summed E-state index contributed by atoms with van der Waals surface area (Å²) in [6.45, 7) is 4.42. The summed E-state index contributed by atoms with van der Waals surface area (Å²) in [5.41, 5.74) is 5.24. The molecular weight excluding hydrogens is 164 g/mol. The smallest absolute Gasteiger partial charge is 0.0718 e. The zero-order chi connectivity index (χ0) is 10.1. The summed E-state index contributed by atoms with van der Waals surface area (Å²) in [6.07, 6.45) is 3.38. The lowest BCUT2D eigenvalue weighted by Crippen LogP contribution is -2.41. The van der Waals surface area contributed by atoms with Crippen LogP contribution >= 0.6 is 0 Å². The molecular formula is C10H22N2O. The molecule has 1 saturated carbocycles. The van der Waals surface area contributed by atoms with Crippen LogP contribution in [0.5, 0.6) is 0 Å². The Balaban J connectivity index is 2.36. The summed E-state index contributed by atoms with van der Waals surface area (Å²) >= 11 is 0. The van der Waals surface area contributed by atoms with Gasteiger partial charge in [-0.05, 0) is 40.2 Å². The van der Waals surface area contributed by atoms with E-state index in [0.717, 1.165) is 19.4 Å². The molecule has 1 aliphatic carbocycles. The number of rotatable bonds is 3. The molecule has 13 heavy (non-hydrogen) atoms. The van der Waals surface area contributed by atoms with Crippen LogP contribution in [0.1, 0.15) is 33.1 Å². The molecule has 0 amide bonds. The Kier molecular flexibility index (Phi) is 3.33. The summed E-state index contributed by atoms with van der Waals surface area (Å²) in [7, 11) is 2.07. The predicted molar refractivity (Wildman–Crippen MR) is 54.5 cm³/mol. The molecule has 3 N–H and O–H groups in total. The molecule has 1 aliphatic rings. The minimum atomic E-state index is -0.596. The predicted octanol–water partition coefficient (Wildman–Crippen LogP) is 0.569. The molecule has 3 heteroatoms. The Morgan fingerprint density at radius 1 is 1.46 bits per heavy atom. The highest BCUT2D eigenvalue weighted by atomic mass is 16.3. The molecule has 3 nitrogen and oxygen atoms in total. The summed E-state index contributed by atoms with van der Waals surface area (Å²) < 4.78 is 0. The van der Waals surface area contributed by atoms with Gasteiger partial charge in [0.1, 0.15) is 0 Å². The zero-order valence-electron chi connectivity index (χ0n) is 8.95. The molecule has 1 fully saturated rings. The highest BCUT2D eigenvalue weighted by molar-refractivity contribution is 4.85. The van der Waals surface area contributed by atoms with Crippen molar-refractivity contribution in [2.75, 3.05) is 13.6 Å². The first-order valence-electron chi connectivity index (χ1n) is 5.07. The molecule has 0 bridgehead atoms. The Hall–Kier alpha value is -0.120. The van der Waals surface area contributed by atoms with Gasteiger partial charge in [0.05, 0.1) is 5.60 Å². The van der Waals surface area contributed by atoms with Crippen LogP contribution in [0, 0.1) is 0 Å². The third-order valence-corrected chi connectivity index (χ3v) is 2.71. The van der Waals surface area contributed by atoms with Gasteiger partial charge in [-0.1, -0.05) is 0 Å². The van der Waals surface area contributed by atoms with Gasteiger partial charge >= 0.3 is 0 Å². The molecule has 0 aromatic rings. The lowest BCUT2D eigenvalue weighted by atomic mass is 10.1. The molecule has 0 heterocycles. The van der Waals surface area contributed by atoms with Gasteiger partial charge in [0.25, 0.3) is 0 Å². The maximum atomic E-state index is 9.64. The molecule has 78 valence electrons. The van der Waals surface area contributed by atoms with E-state index in [0.29, 0.717) is 12.1 Å². The van der Waals surface area contributed by atoms with Gasteiger partial charge in [-0.3, -0.25) is 0 Å². The molecule has 0 aromatic carbocycles. The summed E-state index contributed by atoms with van der Waals surface area (Å²) in [5, 5.41) is 9.64. The average molecular weight is 186 g/mol. The fourth-order valence-corrected chi connectivity index (χ4v) is 2.13. The van der Waals surface area contributed by atoms with Crippen molar-refractivity contribution in [2.45, 2.75) is 50.8 Å². The Labute approximate surface area is 80.9 Å². The van der Waals surface area contributed by atoms with Crippen LogP contribution in [-0.4, -0.2) is 41.3 Å². The van der Waals surface area contributed by atoms with E-state index >= 15 is 0 Å². The number of hydrogen-bond acceptors (Lipinski definition) is 3. The van der Waals surface area contributed by atoms with E-state index in [4.69, 9.17) is 5.73 Å². The van der Waals surface area contributed by atoms with Gasteiger partial charge in [-0.15, -0.1) is 0 Å². The van der Waals surface area contributed by atoms with Gasteiger partial charge in [-0.2, -0.15) is 0 Å². The minimum absolute atomic E-state index is 0.370.